The topological polar surface area (TPSA) is 131 Å². The second-order valence-electron chi connectivity index (χ2n) is 5.66. The van der Waals surface area contributed by atoms with E-state index in [-0.39, 0.29) is 22.7 Å². The predicted octanol–water partition coefficient (Wildman–Crippen LogP) is 1.92. The fourth-order valence-corrected chi connectivity index (χ4v) is 3.55. The predicted molar refractivity (Wildman–Crippen MR) is 98.2 cm³/mol. The zero-order valence-electron chi connectivity index (χ0n) is 14.1. The van der Waals surface area contributed by atoms with Crippen molar-refractivity contribution in [2.75, 3.05) is 7.11 Å². The molecule has 27 heavy (non-hydrogen) atoms. The minimum absolute atomic E-state index is 0.210. The summed E-state index contributed by atoms with van der Waals surface area (Å²) >= 11 is 0. The number of hydrogen-bond acceptors (Lipinski definition) is 6. The van der Waals surface area contributed by atoms with Gasteiger partial charge in [0.1, 0.15) is 5.75 Å². The van der Waals surface area contributed by atoms with Crippen molar-refractivity contribution in [3.63, 3.8) is 0 Å². The molecule has 0 aliphatic carbocycles. The second-order valence-corrected chi connectivity index (χ2v) is 7.42. The molecule has 1 aromatic heterocycles. The number of aromatic amines is 1. The number of pyridine rings is 1. The van der Waals surface area contributed by atoms with Gasteiger partial charge in [0.25, 0.3) is 11.2 Å². The summed E-state index contributed by atoms with van der Waals surface area (Å²) < 4.78 is 32.1. The molecule has 10 heteroatoms. The van der Waals surface area contributed by atoms with Crippen LogP contribution in [0, 0.1) is 10.1 Å². The number of rotatable bonds is 6. The average Bonchev–Trinajstić information content (AvgIpc) is 2.66. The van der Waals surface area contributed by atoms with Crippen LogP contribution in [0.3, 0.4) is 0 Å². The summed E-state index contributed by atoms with van der Waals surface area (Å²) in [6, 6.07) is 11.4. The maximum Gasteiger partial charge on any atom is 0.270 e. The number of nitro groups is 1. The number of H-pyrrole nitrogens is 1. The van der Waals surface area contributed by atoms with Crippen LogP contribution >= 0.6 is 0 Å². The number of nitro benzene ring substituents is 1. The molecule has 3 rings (SSSR count). The summed E-state index contributed by atoms with van der Waals surface area (Å²) in [4.78, 5) is 24.8. The molecule has 2 N–H and O–H groups in total. The highest BCUT2D eigenvalue weighted by Crippen LogP contribution is 2.19. The molecule has 0 aliphatic heterocycles. The maximum atomic E-state index is 12.4. The van der Waals surface area contributed by atoms with E-state index >= 15 is 0 Å². The van der Waals surface area contributed by atoms with E-state index in [1.165, 1.54) is 25.3 Å². The monoisotopic (exact) mass is 389 g/mol. The van der Waals surface area contributed by atoms with E-state index in [2.05, 4.69) is 9.71 Å². The number of sulfonamides is 1. The van der Waals surface area contributed by atoms with Crippen LogP contribution in [-0.4, -0.2) is 25.4 Å². The van der Waals surface area contributed by atoms with E-state index in [1.54, 1.807) is 24.3 Å². The minimum atomic E-state index is -4.02. The molecule has 140 valence electrons. The molecule has 0 fully saturated rings. The molecule has 0 amide bonds. The number of non-ortho nitro benzene ring substituents is 1. The van der Waals surface area contributed by atoms with Gasteiger partial charge in [-0.25, -0.2) is 13.1 Å². The fraction of sp³-hybridized carbons (Fsp3) is 0.118. The van der Waals surface area contributed by atoms with Gasteiger partial charge in [-0.05, 0) is 29.7 Å². The van der Waals surface area contributed by atoms with Crippen LogP contribution in [0.1, 0.15) is 5.56 Å². The van der Waals surface area contributed by atoms with Crippen molar-refractivity contribution >= 4 is 26.6 Å². The summed E-state index contributed by atoms with van der Waals surface area (Å²) in [5.41, 5.74) is -0.0146. The first-order valence-corrected chi connectivity index (χ1v) is 9.22. The summed E-state index contributed by atoms with van der Waals surface area (Å²) in [7, 11) is -2.51. The van der Waals surface area contributed by atoms with Gasteiger partial charge in [-0.2, -0.15) is 0 Å². The quantitative estimate of drug-likeness (QED) is 0.489. The Labute approximate surface area is 153 Å². The van der Waals surface area contributed by atoms with Crippen molar-refractivity contribution in [3.05, 3.63) is 74.6 Å². The lowest BCUT2D eigenvalue weighted by molar-refractivity contribution is -0.385. The molecule has 1 heterocycles. The van der Waals surface area contributed by atoms with E-state index in [4.69, 9.17) is 4.74 Å². The number of fused-ring (bicyclic) bond motifs is 1. The highest BCUT2D eigenvalue weighted by Gasteiger charge is 2.18. The Morgan fingerprint density at radius 1 is 1.19 bits per heavy atom. The van der Waals surface area contributed by atoms with Crippen LogP contribution in [0.2, 0.25) is 0 Å². The Kier molecular flexibility index (Phi) is 4.93. The van der Waals surface area contributed by atoms with Crippen LogP contribution in [-0.2, 0) is 16.6 Å². The zero-order valence-corrected chi connectivity index (χ0v) is 14.9. The molecule has 0 aliphatic rings. The average molecular weight is 389 g/mol. The van der Waals surface area contributed by atoms with Gasteiger partial charge in [0.15, 0.2) is 0 Å². The van der Waals surface area contributed by atoms with Crippen LogP contribution < -0.4 is 15.0 Å². The number of hydrogen-bond donors (Lipinski definition) is 2. The Morgan fingerprint density at radius 2 is 1.96 bits per heavy atom. The molecular weight excluding hydrogens is 374 g/mol. The van der Waals surface area contributed by atoms with Gasteiger partial charge in [-0.1, -0.05) is 6.07 Å². The van der Waals surface area contributed by atoms with Crippen molar-refractivity contribution in [2.45, 2.75) is 11.4 Å². The molecule has 0 radical (unpaired) electrons. The van der Waals surface area contributed by atoms with E-state index in [1.807, 2.05) is 0 Å². The lowest BCUT2D eigenvalue weighted by Crippen LogP contribution is -2.27. The number of ether oxygens (including phenoxy) is 1. The van der Waals surface area contributed by atoms with E-state index < -0.39 is 20.5 Å². The SMILES string of the molecule is COc1ccc2cc(CNS(=O)(=O)c3cccc([N+](=O)[O-])c3)c(=O)[nH]c2c1. The smallest absolute Gasteiger partial charge is 0.270 e. The molecule has 0 unspecified atom stereocenters. The van der Waals surface area contributed by atoms with Gasteiger partial charge in [0.05, 0.1) is 22.4 Å². The fourth-order valence-electron chi connectivity index (χ4n) is 2.50. The number of benzene rings is 2. The van der Waals surface area contributed by atoms with Gasteiger partial charge in [0.2, 0.25) is 10.0 Å². The molecular formula is C17H15N3O6S. The van der Waals surface area contributed by atoms with Crippen LogP contribution in [0.4, 0.5) is 5.69 Å². The number of methoxy groups -OCH3 is 1. The number of aromatic nitrogens is 1. The molecule has 0 bridgehead atoms. The largest absolute Gasteiger partial charge is 0.497 e. The molecule has 9 nitrogen and oxygen atoms in total. The third-order valence-electron chi connectivity index (χ3n) is 3.92. The first-order chi connectivity index (χ1) is 12.8. The van der Waals surface area contributed by atoms with Crippen molar-refractivity contribution in [2.24, 2.45) is 0 Å². The van der Waals surface area contributed by atoms with Crippen molar-refractivity contribution in [3.8, 4) is 5.75 Å². The maximum absolute atomic E-state index is 12.4. The van der Waals surface area contributed by atoms with Crippen LogP contribution in [0.15, 0.2) is 58.2 Å². The van der Waals surface area contributed by atoms with E-state index in [0.29, 0.717) is 16.7 Å². The van der Waals surface area contributed by atoms with Gasteiger partial charge in [0, 0.05) is 30.3 Å². The Bertz CT molecular complexity index is 1190. The number of nitrogens with zero attached hydrogens (tertiary/aromatic N) is 1. The van der Waals surface area contributed by atoms with Crippen molar-refractivity contribution in [1.29, 1.82) is 0 Å². The van der Waals surface area contributed by atoms with Crippen LogP contribution in [0.25, 0.3) is 10.9 Å². The molecule has 3 aromatic rings. The third-order valence-corrected chi connectivity index (χ3v) is 5.32. The molecule has 0 saturated carbocycles. The summed E-state index contributed by atoms with van der Waals surface area (Å²) in [6.07, 6.45) is 0. The van der Waals surface area contributed by atoms with Crippen molar-refractivity contribution < 1.29 is 18.1 Å². The molecule has 2 aromatic carbocycles. The van der Waals surface area contributed by atoms with E-state index in [9.17, 15) is 23.3 Å². The molecule has 0 spiro atoms. The highest BCUT2D eigenvalue weighted by atomic mass is 32.2. The lowest BCUT2D eigenvalue weighted by Gasteiger charge is -2.08. The second kappa shape index (κ2) is 7.17. The summed E-state index contributed by atoms with van der Waals surface area (Å²) in [5, 5.41) is 11.5. The third kappa shape index (κ3) is 3.96. The van der Waals surface area contributed by atoms with Crippen molar-refractivity contribution in [1.82, 2.24) is 9.71 Å². The van der Waals surface area contributed by atoms with Crippen LogP contribution in [0.5, 0.6) is 5.75 Å². The Balaban J connectivity index is 1.87. The Hall–Kier alpha value is -3.24. The first kappa shape index (κ1) is 18.5. The summed E-state index contributed by atoms with van der Waals surface area (Å²) in [5.74, 6) is 0.581. The first-order valence-electron chi connectivity index (χ1n) is 7.74. The molecule has 0 saturated heterocycles. The number of nitrogens with one attached hydrogen (secondary N) is 2. The normalized spacial score (nSPS) is 11.4. The zero-order chi connectivity index (χ0) is 19.6. The Morgan fingerprint density at radius 3 is 2.67 bits per heavy atom. The minimum Gasteiger partial charge on any atom is -0.497 e. The van der Waals surface area contributed by atoms with Gasteiger partial charge < -0.3 is 9.72 Å². The van der Waals surface area contributed by atoms with Gasteiger partial charge in [-0.15, -0.1) is 0 Å². The van der Waals surface area contributed by atoms with Gasteiger partial charge >= 0.3 is 0 Å². The standard InChI is InChI=1S/C17H15N3O6S/c1-26-14-6-5-11-7-12(17(21)19-16(11)9-14)10-18-27(24,25)15-4-2-3-13(8-15)20(22)23/h2-9,18H,10H2,1H3,(H,19,21). The summed E-state index contributed by atoms with van der Waals surface area (Å²) in [6.45, 7) is -0.262. The van der Waals surface area contributed by atoms with E-state index in [0.717, 1.165) is 6.07 Å². The lowest BCUT2D eigenvalue weighted by atomic mass is 10.1. The van der Waals surface area contributed by atoms with Gasteiger partial charge in [-0.3, -0.25) is 14.9 Å². The highest BCUT2D eigenvalue weighted by molar-refractivity contribution is 7.89. The molecule has 0 atom stereocenters.